The predicted octanol–water partition coefficient (Wildman–Crippen LogP) is 1.60. The average Bonchev–Trinajstić information content (AvgIpc) is 3.04. The fraction of sp³-hybridized carbons (Fsp3) is 0.375. The first-order chi connectivity index (χ1) is 11.9. The number of nitrogens with one attached hydrogen (secondary N) is 1. The molecule has 1 fully saturated rings. The number of nitrogens with zero attached hydrogens (tertiary/aromatic N) is 3. The van der Waals surface area contributed by atoms with Gasteiger partial charge in [0.15, 0.2) is 5.03 Å². The molecule has 1 aliphatic heterocycles. The first kappa shape index (κ1) is 17.6. The fourth-order valence-electron chi connectivity index (χ4n) is 2.81. The maximum Gasteiger partial charge on any atom is 0.262 e. The largest absolute Gasteiger partial charge is 0.339 e. The molecule has 25 heavy (non-hydrogen) atoms. The van der Waals surface area contributed by atoms with Gasteiger partial charge in [0.05, 0.1) is 12.2 Å². The van der Waals surface area contributed by atoms with Crippen LogP contribution in [0.25, 0.3) is 0 Å². The van der Waals surface area contributed by atoms with E-state index < -0.39 is 15.9 Å². The smallest absolute Gasteiger partial charge is 0.262 e. The lowest BCUT2D eigenvalue weighted by Gasteiger charge is -2.30. The maximum absolute atomic E-state index is 12.9. The maximum atomic E-state index is 12.9. The number of carbonyl (C=O) groups excluding carboxylic acids is 1. The van der Waals surface area contributed by atoms with Gasteiger partial charge in [-0.2, -0.15) is 4.31 Å². The second-order valence-electron chi connectivity index (χ2n) is 6.08. The molecular formula is C16H19FN4O3S. The summed E-state index contributed by atoms with van der Waals surface area (Å²) in [5.74, 6) is -1.12. The number of halogens is 1. The molecule has 0 saturated carbocycles. The highest BCUT2D eigenvalue weighted by Crippen LogP contribution is 2.24. The Bertz CT molecular complexity index is 864. The van der Waals surface area contributed by atoms with Crippen molar-refractivity contribution < 1.29 is 17.6 Å². The van der Waals surface area contributed by atoms with Gasteiger partial charge in [0, 0.05) is 32.0 Å². The quantitative estimate of drug-likeness (QED) is 0.891. The highest BCUT2D eigenvalue weighted by molar-refractivity contribution is 7.89. The summed E-state index contributed by atoms with van der Waals surface area (Å²) >= 11 is 0. The van der Waals surface area contributed by atoms with Gasteiger partial charge in [-0.05, 0) is 37.1 Å². The molecule has 3 rings (SSSR count). The van der Waals surface area contributed by atoms with Crippen LogP contribution in [0.4, 0.5) is 10.1 Å². The van der Waals surface area contributed by atoms with Crippen LogP contribution in [0, 0.1) is 11.7 Å². The van der Waals surface area contributed by atoms with E-state index in [9.17, 15) is 17.6 Å². The number of hydrogen-bond acceptors (Lipinski definition) is 4. The van der Waals surface area contributed by atoms with Crippen molar-refractivity contribution in [2.75, 3.05) is 18.4 Å². The highest BCUT2D eigenvalue weighted by atomic mass is 32.2. The van der Waals surface area contributed by atoms with E-state index in [1.54, 1.807) is 11.6 Å². The Morgan fingerprint density at radius 2 is 2.04 bits per heavy atom. The van der Waals surface area contributed by atoms with Gasteiger partial charge < -0.3 is 9.88 Å². The van der Waals surface area contributed by atoms with Crippen molar-refractivity contribution >= 4 is 21.6 Å². The van der Waals surface area contributed by atoms with Gasteiger partial charge in [0.25, 0.3) is 10.0 Å². The minimum absolute atomic E-state index is 0.0189. The Kier molecular flexibility index (Phi) is 4.87. The molecule has 0 aliphatic carbocycles. The molecule has 7 nitrogen and oxygen atoms in total. The number of anilines is 1. The number of aryl methyl sites for hydroxylation is 1. The standard InChI is InChI=1S/C16H19FN4O3S/c1-20-10-15(18-11-20)25(23,24)21-8-2-3-12(9-21)16(22)19-14-6-4-13(17)5-7-14/h4-7,10-12H,2-3,8-9H2,1H3,(H,19,22)/t12-/m0/s1. The summed E-state index contributed by atoms with van der Waals surface area (Å²) in [6.45, 7) is 0.463. The Hall–Kier alpha value is -2.26. The molecule has 1 aromatic carbocycles. The molecule has 1 atom stereocenters. The number of benzene rings is 1. The molecule has 1 aliphatic rings. The molecule has 0 bridgehead atoms. The zero-order chi connectivity index (χ0) is 18.0. The Morgan fingerprint density at radius 3 is 2.68 bits per heavy atom. The van der Waals surface area contributed by atoms with Crippen LogP contribution in [0.2, 0.25) is 0 Å². The van der Waals surface area contributed by atoms with E-state index in [2.05, 4.69) is 10.3 Å². The molecule has 0 radical (unpaired) electrons. The van der Waals surface area contributed by atoms with Gasteiger partial charge in [-0.15, -0.1) is 0 Å². The molecule has 1 N–H and O–H groups in total. The summed E-state index contributed by atoms with van der Waals surface area (Å²) in [5.41, 5.74) is 0.483. The normalized spacial score (nSPS) is 18.9. The zero-order valence-electron chi connectivity index (χ0n) is 13.7. The molecular weight excluding hydrogens is 347 g/mol. The van der Waals surface area contributed by atoms with Crippen LogP contribution >= 0.6 is 0 Å². The minimum atomic E-state index is -3.71. The summed E-state index contributed by atoms with van der Waals surface area (Å²) < 4.78 is 41.1. The Labute approximate surface area is 145 Å². The van der Waals surface area contributed by atoms with Crippen molar-refractivity contribution in [2.24, 2.45) is 13.0 Å². The summed E-state index contributed by atoms with van der Waals surface area (Å²) in [6.07, 6.45) is 4.06. The average molecular weight is 366 g/mol. The number of sulfonamides is 1. The summed E-state index contributed by atoms with van der Waals surface area (Å²) in [4.78, 5) is 16.3. The molecule has 2 aromatic rings. The van der Waals surface area contributed by atoms with Crippen LogP contribution < -0.4 is 5.32 Å². The topological polar surface area (TPSA) is 84.3 Å². The molecule has 1 amide bonds. The van der Waals surface area contributed by atoms with Gasteiger partial charge in [0.2, 0.25) is 5.91 Å². The summed E-state index contributed by atoms with van der Waals surface area (Å²) in [6, 6.07) is 5.46. The van der Waals surface area contributed by atoms with Gasteiger partial charge in [-0.25, -0.2) is 17.8 Å². The van der Waals surface area contributed by atoms with E-state index in [-0.39, 0.29) is 23.3 Å². The van der Waals surface area contributed by atoms with Crippen molar-refractivity contribution in [3.8, 4) is 0 Å². The van der Waals surface area contributed by atoms with Crippen LogP contribution in [0.1, 0.15) is 12.8 Å². The van der Waals surface area contributed by atoms with Gasteiger partial charge in [-0.3, -0.25) is 4.79 Å². The van der Waals surface area contributed by atoms with E-state index in [1.807, 2.05) is 0 Å². The van der Waals surface area contributed by atoms with Crippen molar-refractivity contribution in [1.29, 1.82) is 0 Å². The molecule has 1 aromatic heterocycles. The molecule has 0 unspecified atom stereocenters. The Morgan fingerprint density at radius 1 is 1.32 bits per heavy atom. The minimum Gasteiger partial charge on any atom is -0.339 e. The number of rotatable bonds is 4. The van der Waals surface area contributed by atoms with E-state index in [0.29, 0.717) is 25.1 Å². The first-order valence-electron chi connectivity index (χ1n) is 7.91. The number of amides is 1. The van der Waals surface area contributed by atoms with E-state index in [1.165, 1.54) is 41.1 Å². The third kappa shape index (κ3) is 3.88. The predicted molar refractivity (Wildman–Crippen MR) is 89.7 cm³/mol. The van der Waals surface area contributed by atoms with Gasteiger partial charge >= 0.3 is 0 Å². The van der Waals surface area contributed by atoms with Gasteiger partial charge in [-0.1, -0.05) is 0 Å². The lowest BCUT2D eigenvalue weighted by molar-refractivity contribution is -0.120. The van der Waals surface area contributed by atoms with E-state index in [4.69, 9.17) is 0 Å². The monoisotopic (exact) mass is 366 g/mol. The second-order valence-corrected chi connectivity index (χ2v) is 7.96. The molecule has 1 saturated heterocycles. The number of imidazole rings is 1. The van der Waals surface area contributed by atoms with E-state index in [0.717, 1.165) is 0 Å². The van der Waals surface area contributed by atoms with Crippen molar-refractivity contribution in [2.45, 2.75) is 17.9 Å². The van der Waals surface area contributed by atoms with Gasteiger partial charge in [0.1, 0.15) is 5.82 Å². The number of carbonyl (C=O) groups is 1. The van der Waals surface area contributed by atoms with Crippen molar-refractivity contribution in [3.63, 3.8) is 0 Å². The molecule has 0 spiro atoms. The van der Waals surface area contributed by atoms with Crippen LogP contribution in [-0.4, -0.2) is 41.3 Å². The molecule has 2 heterocycles. The lowest BCUT2D eigenvalue weighted by Crippen LogP contribution is -2.43. The second kappa shape index (κ2) is 6.93. The molecule has 9 heteroatoms. The first-order valence-corrected chi connectivity index (χ1v) is 9.35. The fourth-order valence-corrected chi connectivity index (χ4v) is 4.30. The van der Waals surface area contributed by atoms with Crippen molar-refractivity contribution in [1.82, 2.24) is 13.9 Å². The summed E-state index contributed by atoms with van der Waals surface area (Å²) in [7, 11) is -2.02. The van der Waals surface area contributed by atoms with Crippen molar-refractivity contribution in [3.05, 3.63) is 42.6 Å². The van der Waals surface area contributed by atoms with Crippen LogP contribution in [0.3, 0.4) is 0 Å². The van der Waals surface area contributed by atoms with Crippen LogP contribution in [0.15, 0.2) is 41.8 Å². The van der Waals surface area contributed by atoms with Crippen LogP contribution in [-0.2, 0) is 21.9 Å². The highest BCUT2D eigenvalue weighted by Gasteiger charge is 2.34. The lowest BCUT2D eigenvalue weighted by atomic mass is 9.99. The third-order valence-corrected chi connectivity index (χ3v) is 5.90. The Balaban J connectivity index is 1.70. The third-order valence-electron chi connectivity index (χ3n) is 4.15. The summed E-state index contributed by atoms with van der Waals surface area (Å²) in [5, 5.41) is 2.69. The van der Waals surface area contributed by atoms with E-state index >= 15 is 0 Å². The van der Waals surface area contributed by atoms with Crippen LogP contribution in [0.5, 0.6) is 0 Å². The number of hydrogen-bond donors (Lipinski definition) is 1. The zero-order valence-corrected chi connectivity index (χ0v) is 14.5. The SMILES string of the molecule is Cn1cnc(S(=O)(=O)N2CCC[C@H](C(=O)Nc3ccc(F)cc3)C2)c1. The number of aromatic nitrogens is 2. The number of piperidine rings is 1. The molecule has 134 valence electrons.